The Morgan fingerprint density at radius 2 is 2.24 bits per heavy atom. The van der Waals surface area contributed by atoms with Crippen LogP contribution in [0.4, 0.5) is 5.69 Å². The van der Waals surface area contributed by atoms with Crippen LogP contribution in [0.15, 0.2) is 34.4 Å². The Bertz CT molecular complexity index is 653. The molecule has 2 aliphatic heterocycles. The van der Waals surface area contributed by atoms with Gasteiger partial charge in [0.05, 0.1) is 25.1 Å². The number of nitrogens with zero attached hydrogens (tertiary/aromatic N) is 3. The maximum absolute atomic E-state index is 12.0. The molecular formula is C14H14N4O3. The zero-order valence-corrected chi connectivity index (χ0v) is 11.4. The van der Waals surface area contributed by atoms with Crippen molar-refractivity contribution in [3.8, 4) is 0 Å². The fourth-order valence-electron chi connectivity index (χ4n) is 2.32. The first kappa shape index (κ1) is 13.3. The lowest BCUT2D eigenvalue weighted by molar-refractivity contribution is -0.146. The predicted molar refractivity (Wildman–Crippen MR) is 76.2 cm³/mol. The molecule has 0 bridgehead atoms. The molecular weight excluding hydrogens is 272 g/mol. The van der Waals surface area contributed by atoms with Crippen LogP contribution in [-0.4, -0.2) is 41.6 Å². The van der Waals surface area contributed by atoms with Crippen molar-refractivity contribution >= 4 is 29.7 Å². The largest absolute Gasteiger partial charge is 0.466 e. The predicted octanol–water partition coefficient (Wildman–Crippen LogP) is 0.775. The molecule has 0 aliphatic carbocycles. The van der Waals surface area contributed by atoms with Crippen LogP contribution in [-0.2, 0) is 14.3 Å². The van der Waals surface area contributed by atoms with Crippen molar-refractivity contribution in [2.75, 3.05) is 6.61 Å². The number of amides is 1. The third-order valence-electron chi connectivity index (χ3n) is 3.29. The molecule has 0 fully saturated rings. The number of nitrogens with one attached hydrogen (secondary N) is 1. The van der Waals surface area contributed by atoms with Gasteiger partial charge in [-0.05, 0) is 19.1 Å². The first-order valence-corrected chi connectivity index (χ1v) is 6.66. The van der Waals surface area contributed by atoms with Crippen molar-refractivity contribution < 1.29 is 14.3 Å². The van der Waals surface area contributed by atoms with E-state index in [0.29, 0.717) is 5.84 Å². The Morgan fingerprint density at radius 1 is 1.43 bits per heavy atom. The maximum Gasteiger partial charge on any atom is 0.308 e. The second-order valence-electron chi connectivity index (χ2n) is 4.61. The molecule has 7 heteroatoms. The Balaban J connectivity index is 1.91. The Labute approximate surface area is 121 Å². The fraction of sp³-hybridized carbons (Fsp3) is 0.286. The summed E-state index contributed by atoms with van der Waals surface area (Å²) >= 11 is 0. The number of amidine groups is 1. The molecule has 1 aromatic rings. The standard InChI is InChI=1S/C14H14N4O3/c1-2-21-12(19)7-11-14(20)17-16-13-9-5-3-4-6-10(9)15-8-18(11)13/h3-6,8,11H,2,7H2,1H3,(H,17,20)/t11-/m1/s1. The number of para-hydroxylation sites is 1. The number of rotatable bonds is 3. The highest BCUT2D eigenvalue weighted by molar-refractivity contribution is 6.14. The highest BCUT2D eigenvalue weighted by atomic mass is 16.5. The third kappa shape index (κ3) is 2.37. The van der Waals surface area contributed by atoms with E-state index in [-0.39, 0.29) is 18.9 Å². The topological polar surface area (TPSA) is 83.4 Å². The number of carbonyl (C=O) groups is 2. The first-order valence-electron chi connectivity index (χ1n) is 6.66. The molecule has 1 amide bonds. The summed E-state index contributed by atoms with van der Waals surface area (Å²) in [4.78, 5) is 29.5. The van der Waals surface area contributed by atoms with Gasteiger partial charge in [0, 0.05) is 5.56 Å². The number of esters is 1. The smallest absolute Gasteiger partial charge is 0.308 e. The summed E-state index contributed by atoms with van der Waals surface area (Å²) in [7, 11) is 0. The number of aliphatic imine (C=N–C) groups is 1. The molecule has 1 N–H and O–H groups in total. The first-order chi connectivity index (χ1) is 10.2. The van der Waals surface area contributed by atoms with Crippen LogP contribution in [0.2, 0.25) is 0 Å². The van der Waals surface area contributed by atoms with Gasteiger partial charge in [-0.2, -0.15) is 5.10 Å². The Morgan fingerprint density at radius 3 is 3.05 bits per heavy atom. The van der Waals surface area contributed by atoms with Crippen LogP contribution in [0.5, 0.6) is 0 Å². The SMILES string of the molecule is CCOC(=O)C[C@@H]1C(=O)NN=C2c3ccccc3N=CN21. The Kier molecular flexibility index (Phi) is 3.39. The second-order valence-corrected chi connectivity index (χ2v) is 4.61. The monoisotopic (exact) mass is 286 g/mol. The molecule has 0 radical (unpaired) electrons. The van der Waals surface area contributed by atoms with Crippen molar-refractivity contribution in [1.82, 2.24) is 10.3 Å². The van der Waals surface area contributed by atoms with Gasteiger partial charge >= 0.3 is 5.97 Å². The van der Waals surface area contributed by atoms with E-state index in [4.69, 9.17) is 4.74 Å². The lowest BCUT2D eigenvalue weighted by atomic mass is 10.1. The van der Waals surface area contributed by atoms with Gasteiger partial charge in [0.15, 0.2) is 5.84 Å². The van der Waals surface area contributed by atoms with E-state index >= 15 is 0 Å². The van der Waals surface area contributed by atoms with Gasteiger partial charge in [0.1, 0.15) is 6.04 Å². The molecule has 0 unspecified atom stereocenters. The van der Waals surface area contributed by atoms with Gasteiger partial charge in [-0.1, -0.05) is 12.1 Å². The highest BCUT2D eigenvalue weighted by Crippen LogP contribution is 2.27. The van der Waals surface area contributed by atoms with E-state index in [2.05, 4.69) is 15.5 Å². The molecule has 1 atom stereocenters. The number of fused-ring (bicyclic) bond motifs is 3. The lowest BCUT2D eigenvalue weighted by Crippen LogP contribution is -2.54. The van der Waals surface area contributed by atoms with Crippen molar-refractivity contribution in [3.63, 3.8) is 0 Å². The van der Waals surface area contributed by atoms with E-state index in [0.717, 1.165) is 11.3 Å². The molecule has 0 spiro atoms. The van der Waals surface area contributed by atoms with Crippen LogP contribution < -0.4 is 5.43 Å². The number of benzene rings is 1. The maximum atomic E-state index is 12.0. The molecule has 0 aromatic heterocycles. The zero-order valence-electron chi connectivity index (χ0n) is 11.4. The fourth-order valence-corrected chi connectivity index (χ4v) is 2.32. The summed E-state index contributed by atoms with van der Waals surface area (Å²) in [5.41, 5.74) is 4.05. The van der Waals surface area contributed by atoms with E-state index in [1.807, 2.05) is 24.3 Å². The molecule has 7 nitrogen and oxygen atoms in total. The van der Waals surface area contributed by atoms with Gasteiger partial charge in [-0.3, -0.25) is 9.59 Å². The highest BCUT2D eigenvalue weighted by Gasteiger charge is 2.36. The number of carbonyl (C=O) groups excluding carboxylic acids is 2. The minimum Gasteiger partial charge on any atom is -0.466 e. The molecule has 108 valence electrons. The van der Waals surface area contributed by atoms with E-state index in [1.165, 1.54) is 6.34 Å². The summed E-state index contributed by atoms with van der Waals surface area (Å²) < 4.78 is 4.91. The summed E-state index contributed by atoms with van der Waals surface area (Å²) in [6, 6.07) is 6.79. The van der Waals surface area contributed by atoms with E-state index in [1.54, 1.807) is 11.8 Å². The van der Waals surface area contributed by atoms with Crippen LogP contribution in [0.3, 0.4) is 0 Å². The van der Waals surface area contributed by atoms with Crippen LogP contribution in [0.1, 0.15) is 18.9 Å². The Hall–Kier alpha value is -2.70. The minimum atomic E-state index is -0.700. The van der Waals surface area contributed by atoms with E-state index in [9.17, 15) is 9.59 Å². The van der Waals surface area contributed by atoms with Crippen LogP contribution >= 0.6 is 0 Å². The average molecular weight is 286 g/mol. The normalized spacial score (nSPS) is 19.3. The van der Waals surface area contributed by atoms with Crippen LogP contribution in [0.25, 0.3) is 0 Å². The molecule has 2 heterocycles. The van der Waals surface area contributed by atoms with Crippen LogP contribution in [0, 0.1) is 0 Å². The van der Waals surface area contributed by atoms with E-state index < -0.39 is 12.0 Å². The van der Waals surface area contributed by atoms with Gasteiger partial charge < -0.3 is 9.64 Å². The van der Waals surface area contributed by atoms with Crippen molar-refractivity contribution in [2.45, 2.75) is 19.4 Å². The molecule has 0 saturated heterocycles. The van der Waals surface area contributed by atoms with Gasteiger partial charge in [0.25, 0.3) is 5.91 Å². The number of ether oxygens (including phenoxy) is 1. The zero-order chi connectivity index (χ0) is 14.8. The van der Waals surface area contributed by atoms with Crippen molar-refractivity contribution in [1.29, 1.82) is 0 Å². The lowest BCUT2D eigenvalue weighted by Gasteiger charge is -2.34. The second kappa shape index (κ2) is 5.35. The van der Waals surface area contributed by atoms with Gasteiger partial charge in [-0.15, -0.1) is 0 Å². The number of hydrogen-bond acceptors (Lipinski definition) is 6. The summed E-state index contributed by atoms with van der Waals surface area (Å²) in [5.74, 6) is -0.196. The molecule has 21 heavy (non-hydrogen) atoms. The minimum absolute atomic E-state index is 0.0487. The summed E-state index contributed by atoms with van der Waals surface area (Å²) in [5, 5.41) is 4.08. The molecule has 2 aliphatic rings. The number of hydrogen-bond donors (Lipinski definition) is 1. The molecule has 0 saturated carbocycles. The van der Waals surface area contributed by atoms with Crippen molar-refractivity contribution in [3.05, 3.63) is 29.8 Å². The summed E-state index contributed by atoms with van der Waals surface area (Å²) in [6.45, 7) is 2.01. The average Bonchev–Trinajstić information content (AvgIpc) is 2.50. The van der Waals surface area contributed by atoms with Gasteiger partial charge in [-0.25, -0.2) is 10.4 Å². The quantitative estimate of drug-likeness (QED) is 0.832. The van der Waals surface area contributed by atoms with Gasteiger partial charge in [0.2, 0.25) is 0 Å². The number of hydrazone groups is 1. The van der Waals surface area contributed by atoms with Crippen molar-refractivity contribution in [2.24, 2.45) is 10.1 Å². The third-order valence-corrected chi connectivity index (χ3v) is 3.29. The summed E-state index contributed by atoms with van der Waals surface area (Å²) in [6.07, 6.45) is 1.48. The molecule has 1 aromatic carbocycles. The molecule has 3 rings (SSSR count).